The number of nitrogens with zero attached hydrogens (tertiary/aromatic N) is 1. The van der Waals surface area contributed by atoms with Crippen molar-refractivity contribution in [3.8, 4) is 11.1 Å². The minimum Gasteiger partial charge on any atom is -0.481 e. The van der Waals surface area contributed by atoms with Crippen molar-refractivity contribution < 1.29 is 24.2 Å². The van der Waals surface area contributed by atoms with Crippen LogP contribution in [0, 0.1) is 5.92 Å². The third-order valence-corrected chi connectivity index (χ3v) is 5.94. The number of aromatic nitrogens is 2. The number of ether oxygens (including phenoxy) is 1. The lowest BCUT2D eigenvalue weighted by molar-refractivity contribution is -0.141. The number of hydrogen-bond donors (Lipinski definition) is 4. The summed E-state index contributed by atoms with van der Waals surface area (Å²) in [6.45, 7) is 1.56. The molecular weight excluding hydrogens is 436 g/mol. The molecule has 1 aliphatic rings. The standard InChI is InChI=1S/C25H26N4O5/c1-15(24(31)32)11-27-23(30)22(10-16-12-26-14-28-16)29-25(33)34-13-21-19-8-4-2-6-17(19)18-7-3-5-9-20(18)21/h2-9,12,14-15,21-22H,10-11,13H2,1H3,(H,26,28)(H,27,30)(H,29,33)(H,31,32)/t15?,22-/m0/s1. The highest BCUT2D eigenvalue weighted by Crippen LogP contribution is 2.44. The smallest absolute Gasteiger partial charge is 0.407 e. The Labute approximate surface area is 196 Å². The number of imidazole rings is 1. The highest BCUT2D eigenvalue weighted by atomic mass is 16.5. The minimum atomic E-state index is -1.02. The first-order chi connectivity index (χ1) is 16.4. The van der Waals surface area contributed by atoms with Crippen molar-refractivity contribution in [3.05, 3.63) is 77.9 Å². The largest absolute Gasteiger partial charge is 0.481 e. The molecule has 34 heavy (non-hydrogen) atoms. The summed E-state index contributed by atoms with van der Waals surface area (Å²) in [5.74, 6) is -2.38. The number of nitrogens with one attached hydrogen (secondary N) is 3. The summed E-state index contributed by atoms with van der Waals surface area (Å²) < 4.78 is 5.55. The fraction of sp³-hybridized carbons (Fsp3) is 0.280. The predicted molar refractivity (Wildman–Crippen MR) is 124 cm³/mol. The minimum absolute atomic E-state index is 0.0555. The van der Waals surface area contributed by atoms with E-state index in [2.05, 4.69) is 32.7 Å². The molecule has 0 aliphatic heterocycles. The van der Waals surface area contributed by atoms with Crippen LogP contribution >= 0.6 is 0 Å². The molecule has 2 atom stereocenters. The summed E-state index contributed by atoms with van der Waals surface area (Å²) in [5, 5.41) is 14.2. The molecule has 3 aromatic rings. The van der Waals surface area contributed by atoms with E-state index < -0.39 is 29.9 Å². The predicted octanol–water partition coefficient (Wildman–Crippen LogP) is 2.70. The van der Waals surface area contributed by atoms with E-state index in [1.165, 1.54) is 13.3 Å². The Balaban J connectivity index is 1.42. The normalized spacial score (nSPS) is 13.9. The molecule has 0 fully saturated rings. The number of alkyl carbamates (subject to hydrolysis) is 1. The molecule has 9 nitrogen and oxygen atoms in total. The number of amides is 2. The second-order valence-corrected chi connectivity index (χ2v) is 8.29. The van der Waals surface area contributed by atoms with Crippen molar-refractivity contribution in [2.75, 3.05) is 13.2 Å². The molecule has 1 aliphatic carbocycles. The van der Waals surface area contributed by atoms with Crippen molar-refractivity contribution in [1.82, 2.24) is 20.6 Å². The van der Waals surface area contributed by atoms with Gasteiger partial charge in [0.2, 0.25) is 5.91 Å². The molecule has 2 amide bonds. The zero-order valence-corrected chi connectivity index (χ0v) is 18.7. The summed E-state index contributed by atoms with van der Waals surface area (Å²) in [7, 11) is 0. The molecule has 0 saturated carbocycles. The van der Waals surface area contributed by atoms with Gasteiger partial charge >= 0.3 is 12.1 Å². The lowest BCUT2D eigenvalue weighted by Crippen LogP contribution is -2.49. The van der Waals surface area contributed by atoms with Gasteiger partial charge in [0.1, 0.15) is 12.6 Å². The number of rotatable bonds is 9. The molecule has 1 aromatic heterocycles. The third-order valence-electron chi connectivity index (χ3n) is 5.94. The Hall–Kier alpha value is -4.14. The van der Waals surface area contributed by atoms with Crippen molar-refractivity contribution in [2.45, 2.75) is 25.3 Å². The lowest BCUT2D eigenvalue weighted by Gasteiger charge is -2.20. The number of carboxylic acids is 1. The van der Waals surface area contributed by atoms with Crippen molar-refractivity contribution >= 4 is 18.0 Å². The molecule has 0 radical (unpaired) electrons. The molecule has 4 rings (SSSR count). The van der Waals surface area contributed by atoms with Crippen LogP contribution in [-0.4, -0.2) is 52.2 Å². The van der Waals surface area contributed by atoms with E-state index in [4.69, 9.17) is 9.84 Å². The summed E-state index contributed by atoms with van der Waals surface area (Å²) in [6.07, 6.45) is 2.45. The Bertz CT molecular complexity index is 1130. The number of carbonyl (C=O) groups excluding carboxylic acids is 2. The highest BCUT2D eigenvalue weighted by molar-refractivity contribution is 5.86. The Morgan fingerprint density at radius 3 is 2.32 bits per heavy atom. The van der Waals surface area contributed by atoms with Crippen molar-refractivity contribution in [3.63, 3.8) is 0 Å². The van der Waals surface area contributed by atoms with Gasteiger partial charge in [0.15, 0.2) is 0 Å². The van der Waals surface area contributed by atoms with Crippen molar-refractivity contribution in [2.24, 2.45) is 5.92 Å². The van der Waals surface area contributed by atoms with Crippen LogP contribution in [0.2, 0.25) is 0 Å². The van der Waals surface area contributed by atoms with E-state index in [1.54, 1.807) is 6.20 Å². The highest BCUT2D eigenvalue weighted by Gasteiger charge is 2.30. The number of hydrogen-bond acceptors (Lipinski definition) is 5. The Morgan fingerprint density at radius 2 is 1.74 bits per heavy atom. The number of carbonyl (C=O) groups is 3. The van der Waals surface area contributed by atoms with Gasteiger partial charge in [0.25, 0.3) is 0 Å². The van der Waals surface area contributed by atoms with Crippen LogP contribution in [0.5, 0.6) is 0 Å². The molecule has 9 heteroatoms. The van der Waals surface area contributed by atoms with Gasteiger partial charge in [-0.05, 0) is 22.3 Å². The van der Waals surface area contributed by atoms with Crippen LogP contribution in [0.25, 0.3) is 11.1 Å². The average molecular weight is 463 g/mol. The number of H-pyrrole nitrogens is 1. The van der Waals surface area contributed by atoms with Crippen LogP contribution in [0.3, 0.4) is 0 Å². The first-order valence-corrected chi connectivity index (χ1v) is 11.0. The monoisotopic (exact) mass is 462 g/mol. The average Bonchev–Trinajstić information content (AvgIpc) is 3.46. The van der Waals surface area contributed by atoms with Gasteiger partial charge in [-0.2, -0.15) is 0 Å². The molecule has 176 valence electrons. The molecule has 0 spiro atoms. The molecule has 4 N–H and O–H groups in total. The zero-order valence-electron chi connectivity index (χ0n) is 18.7. The molecule has 1 unspecified atom stereocenters. The maximum absolute atomic E-state index is 12.7. The van der Waals surface area contributed by atoms with E-state index in [0.29, 0.717) is 5.69 Å². The third kappa shape index (κ3) is 5.09. The summed E-state index contributed by atoms with van der Waals surface area (Å²) in [4.78, 5) is 43.3. The number of carboxylic acid groups (broad SMARTS) is 1. The van der Waals surface area contributed by atoms with E-state index in [9.17, 15) is 14.4 Å². The molecule has 1 heterocycles. The van der Waals surface area contributed by atoms with Crippen LogP contribution in [0.1, 0.15) is 29.7 Å². The van der Waals surface area contributed by atoms with Crippen LogP contribution in [-0.2, 0) is 20.7 Å². The van der Waals surface area contributed by atoms with E-state index >= 15 is 0 Å². The van der Waals surface area contributed by atoms with Crippen LogP contribution < -0.4 is 10.6 Å². The lowest BCUT2D eigenvalue weighted by atomic mass is 9.98. The number of aromatic amines is 1. The van der Waals surface area contributed by atoms with Gasteiger partial charge in [-0.15, -0.1) is 0 Å². The molecular formula is C25H26N4O5. The van der Waals surface area contributed by atoms with Gasteiger partial charge in [-0.25, -0.2) is 9.78 Å². The number of fused-ring (bicyclic) bond motifs is 3. The summed E-state index contributed by atoms with van der Waals surface area (Å²) >= 11 is 0. The molecule has 0 bridgehead atoms. The first-order valence-electron chi connectivity index (χ1n) is 11.0. The number of aliphatic carboxylic acids is 1. The fourth-order valence-corrected chi connectivity index (χ4v) is 4.07. The van der Waals surface area contributed by atoms with Gasteiger partial charge in [0.05, 0.1) is 12.2 Å². The van der Waals surface area contributed by atoms with Crippen molar-refractivity contribution in [1.29, 1.82) is 0 Å². The Kier molecular flexibility index (Phi) is 6.91. The zero-order chi connectivity index (χ0) is 24.1. The number of benzene rings is 2. The maximum atomic E-state index is 12.7. The second-order valence-electron chi connectivity index (χ2n) is 8.29. The topological polar surface area (TPSA) is 133 Å². The first kappa shape index (κ1) is 23.0. The fourth-order valence-electron chi connectivity index (χ4n) is 4.07. The molecule has 0 saturated heterocycles. The van der Waals surface area contributed by atoms with Crippen LogP contribution in [0.15, 0.2) is 61.1 Å². The molecule has 2 aromatic carbocycles. The van der Waals surface area contributed by atoms with E-state index in [0.717, 1.165) is 22.3 Å². The SMILES string of the molecule is CC(CNC(=O)[C@H](Cc1cnc[nH]1)NC(=O)OCC1c2ccccc2-c2ccccc21)C(=O)O. The maximum Gasteiger partial charge on any atom is 0.407 e. The van der Waals surface area contributed by atoms with Gasteiger partial charge in [-0.3, -0.25) is 9.59 Å². The quantitative estimate of drug-likeness (QED) is 0.386. The van der Waals surface area contributed by atoms with E-state index in [1.807, 2.05) is 36.4 Å². The summed E-state index contributed by atoms with van der Waals surface area (Å²) in [5.41, 5.74) is 5.06. The Morgan fingerprint density at radius 1 is 1.09 bits per heavy atom. The second kappa shape index (κ2) is 10.2. The van der Waals surface area contributed by atoms with Crippen LogP contribution in [0.4, 0.5) is 4.79 Å². The summed E-state index contributed by atoms with van der Waals surface area (Å²) in [6, 6.07) is 15.1. The van der Waals surface area contributed by atoms with Gasteiger partial charge in [0, 0.05) is 30.8 Å². The van der Waals surface area contributed by atoms with E-state index in [-0.39, 0.29) is 25.5 Å². The van der Waals surface area contributed by atoms with Gasteiger partial charge in [-0.1, -0.05) is 55.5 Å². The van der Waals surface area contributed by atoms with Gasteiger partial charge < -0.3 is 25.5 Å².